The van der Waals surface area contributed by atoms with Gasteiger partial charge in [0.25, 0.3) is 5.91 Å². The van der Waals surface area contributed by atoms with E-state index in [0.717, 1.165) is 22.4 Å². The zero-order chi connectivity index (χ0) is 23.3. The zero-order valence-electron chi connectivity index (χ0n) is 17.9. The Bertz CT molecular complexity index is 1140. The summed E-state index contributed by atoms with van der Waals surface area (Å²) in [5, 5.41) is 7.70. The van der Waals surface area contributed by atoms with E-state index in [2.05, 4.69) is 10.6 Å². The molecule has 0 atom stereocenters. The lowest BCUT2D eigenvalue weighted by molar-refractivity contribution is -0.118. The fourth-order valence-corrected chi connectivity index (χ4v) is 3.66. The molecule has 0 aromatic heterocycles. The SMILES string of the molecule is COc1cc(CNc2cccc(Cl)c2C)cc(Cl)c1OCC(=O)Nc1ccc(C)c(Cl)c1. The van der Waals surface area contributed by atoms with Crippen molar-refractivity contribution in [3.05, 3.63) is 80.3 Å². The monoisotopic (exact) mass is 492 g/mol. The molecule has 8 heteroatoms. The number of halogens is 3. The molecule has 0 saturated carbocycles. The molecule has 0 aliphatic rings. The molecule has 0 saturated heterocycles. The fraction of sp³-hybridized carbons (Fsp3) is 0.208. The van der Waals surface area contributed by atoms with E-state index in [1.54, 1.807) is 18.2 Å². The van der Waals surface area contributed by atoms with Gasteiger partial charge >= 0.3 is 0 Å². The van der Waals surface area contributed by atoms with E-state index in [-0.39, 0.29) is 12.5 Å². The van der Waals surface area contributed by atoms with Gasteiger partial charge < -0.3 is 20.1 Å². The van der Waals surface area contributed by atoms with Crippen molar-refractivity contribution in [1.29, 1.82) is 0 Å². The van der Waals surface area contributed by atoms with E-state index in [1.807, 2.05) is 44.2 Å². The third-order valence-corrected chi connectivity index (χ3v) is 5.94. The Hall–Kier alpha value is -2.60. The lowest BCUT2D eigenvalue weighted by Gasteiger charge is -2.16. The van der Waals surface area contributed by atoms with Gasteiger partial charge in [-0.05, 0) is 66.9 Å². The van der Waals surface area contributed by atoms with Crippen molar-refractivity contribution in [2.45, 2.75) is 20.4 Å². The number of carbonyl (C=O) groups is 1. The standard InChI is InChI=1S/C24H23Cl3N2O3/c1-14-7-8-17(11-19(14)26)29-23(30)13-32-24-20(27)9-16(10-22(24)31-3)12-28-21-6-4-5-18(25)15(21)2/h4-11,28H,12-13H2,1-3H3,(H,29,30). The summed E-state index contributed by atoms with van der Waals surface area (Å²) in [6, 6.07) is 14.6. The Kier molecular flexibility index (Phi) is 8.13. The minimum atomic E-state index is -0.342. The Morgan fingerprint density at radius 1 is 0.969 bits per heavy atom. The summed E-state index contributed by atoms with van der Waals surface area (Å²) in [7, 11) is 1.52. The van der Waals surface area contributed by atoms with E-state index < -0.39 is 0 Å². The van der Waals surface area contributed by atoms with E-state index in [9.17, 15) is 4.79 Å². The van der Waals surface area contributed by atoms with Crippen molar-refractivity contribution in [1.82, 2.24) is 0 Å². The molecule has 3 aromatic carbocycles. The van der Waals surface area contributed by atoms with Crippen LogP contribution in [0.5, 0.6) is 11.5 Å². The van der Waals surface area contributed by atoms with Crippen molar-refractivity contribution < 1.29 is 14.3 Å². The van der Waals surface area contributed by atoms with Crippen LogP contribution < -0.4 is 20.1 Å². The number of ether oxygens (including phenoxy) is 2. The molecule has 168 valence electrons. The van der Waals surface area contributed by atoms with Crippen LogP contribution in [0.15, 0.2) is 48.5 Å². The molecule has 1 amide bonds. The summed E-state index contributed by atoms with van der Waals surface area (Å²) in [6.07, 6.45) is 0. The van der Waals surface area contributed by atoms with Crippen LogP contribution in [0.1, 0.15) is 16.7 Å². The Balaban J connectivity index is 1.66. The maximum atomic E-state index is 12.3. The highest BCUT2D eigenvalue weighted by atomic mass is 35.5. The molecule has 0 fully saturated rings. The molecule has 5 nitrogen and oxygen atoms in total. The molecule has 3 rings (SSSR count). The van der Waals surface area contributed by atoms with E-state index in [0.29, 0.717) is 38.8 Å². The van der Waals surface area contributed by atoms with Crippen molar-refractivity contribution >= 4 is 52.1 Å². The first-order valence-electron chi connectivity index (χ1n) is 9.82. The van der Waals surface area contributed by atoms with Crippen LogP contribution in [0, 0.1) is 13.8 Å². The van der Waals surface area contributed by atoms with Crippen molar-refractivity contribution in [2.75, 3.05) is 24.4 Å². The van der Waals surface area contributed by atoms with Crippen LogP contribution >= 0.6 is 34.8 Å². The van der Waals surface area contributed by atoms with Crippen LogP contribution in [-0.2, 0) is 11.3 Å². The molecular formula is C24H23Cl3N2O3. The highest BCUT2D eigenvalue weighted by Crippen LogP contribution is 2.37. The lowest BCUT2D eigenvalue weighted by atomic mass is 10.1. The predicted octanol–water partition coefficient (Wildman–Crippen LogP) is 6.90. The first-order chi connectivity index (χ1) is 15.3. The number of nitrogens with one attached hydrogen (secondary N) is 2. The van der Waals surface area contributed by atoms with Gasteiger partial charge in [0, 0.05) is 28.0 Å². The number of amides is 1. The molecule has 0 heterocycles. The molecule has 0 spiro atoms. The molecule has 0 radical (unpaired) electrons. The first-order valence-corrected chi connectivity index (χ1v) is 11.0. The van der Waals surface area contributed by atoms with E-state index in [1.165, 1.54) is 7.11 Å². The average molecular weight is 494 g/mol. The number of anilines is 2. The number of rotatable bonds is 8. The van der Waals surface area contributed by atoms with Gasteiger partial charge in [0.1, 0.15) is 0 Å². The van der Waals surface area contributed by atoms with Gasteiger partial charge in [0.05, 0.1) is 12.1 Å². The largest absolute Gasteiger partial charge is 0.493 e. The van der Waals surface area contributed by atoms with Crippen LogP contribution in [-0.4, -0.2) is 19.6 Å². The van der Waals surface area contributed by atoms with E-state index in [4.69, 9.17) is 44.3 Å². The van der Waals surface area contributed by atoms with Crippen molar-refractivity contribution in [3.8, 4) is 11.5 Å². The summed E-state index contributed by atoms with van der Waals surface area (Å²) in [5.74, 6) is 0.391. The number of hydrogen-bond acceptors (Lipinski definition) is 4. The Labute approximate surface area is 202 Å². The quantitative estimate of drug-likeness (QED) is 0.358. The second kappa shape index (κ2) is 10.8. The normalized spacial score (nSPS) is 10.6. The molecule has 3 aromatic rings. The van der Waals surface area contributed by atoms with Gasteiger partial charge in [0.15, 0.2) is 18.1 Å². The molecule has 0 unspecified atom stereocenters. The van der Waals surface area contributed by atoms with Crippen LogP contribution in [0.4, 0.5) is 11.4 Å². The molecular weight excluding hydrogens is 471 g/mol. The van der Waals surface area contributed by atoms with Crippen LogP contribution in [0.25, 0.3) is 0 Å². The summed E-state index contributed by atoms with van der Waals surface area (Å²) in [4.78, 5) is 12.3. The fourth-order valence-electron chi connectivity index (χ4n) is 3.02. The highest BCUT2D eigenvalue weighted by Gasteiger charge is 2.15. The predicted molar refractivity (Wildman–Crippen MR) is 132 cm³/mol. The Morgan fingerprint density at radius 2 is 1.75 bits per heavy atom. The Morgan fingerprint density at radius 3 is 2.47 bits per heavy atom. The van der Waals surface area contributed by atoms with Gasteiger partial charge in [-0.25, -0.2) is 0 Å². The van der Waals surface area contributed by atoms with Crippen molar-refractivity contribution in [2.24, 2.45) is 0 Å². The maximum absolute atomic E-state index is 12.3. The number of methoxy groups -OCH3 is 1. The van der Waals surface area contributed by atoms with Gasteiger partial charge in [-0.3, -0.25) is 4.79 Å². The maximum Gasteiger partial charge on any atom is 0.262 e. The third kappa shape index (κ3) is 6.00. The number of aryl methyl sites for hydroxylation is 1. The summed E-state index contributed by atoms with van der Waals surface area (Å²) < 4.78 is 11.1. The summed E-state index contributed by atoms with van der Waals surface area (Å²) in [6.45, 7) is 4.11. The first kappa shape index (κ1) is 24.1. The van der Waals surface area contributed by atoms with Gasteiger partial charge in [-0.1, -0.05) is 46.9 Å². The highest BCUT2D eigenvalue weighted by molar-refractivity contribution is 6.32. The summed E-state index contributed by atoms with van der Waals surface area (Å²) in [5.41, 5.74) is 4.30. The number of benzene rings is 3. The molecule has 0 aliphatic heterocycles. The minimum absolute atomic E-state index is 0.235. The number of carbonyl (C=O) groups excluding carboxylic acids is 1. The average Bonchev–Trinajstić information content (AvgIpc) is 2.76. The van der Waals surface area contributed by atoms with Gasteiger partial charge in [-0.2, -0.15) is 0 Å². The molecule has 0 aliphatic carbocycles. The minimum Gasteiger partial charge on any atom is -0.493 e. The van der Waals surface area contributed by atoms with E-state index >= 15 is 0 Å². The molecule has 0 bridgehead atoms. The van der Waals surface area contributed by atoms with Gasteiger partial charge in [0.2, 0.25) is 0 Å². The zero-order valence-corrected chi connectivity index (χ0v) is 20.2. The topological polar surface area (TPSA) is 59.6 Å². The molecule has 2 N–H and O–H groups in total. The second-order valence-electron chi connectivity index (χ2n) is 7.18. The van der Waals surface area contributed by atoms with Crippen molar-refractivity contribution in [3.63, 3.8) is 0 Å². The van der Waals surface area contributed by atoms with Crippen LogP contribution in [0.2, 0.25) is 15.1 Å². The smallest absolute Gasteiger partial charge is 0.262 e. The third-order valence-electron chi connectivity index (χ3n) is 4.84. The summed E-state index contributed by atoms with van der Waals surface area (Å²) >= 11 is 18.7. The second-order valence-corrected chi connectivity index (χ2v) is 8.40. The van der Waals surface area contributed by atoms with Crippen LogP contribution in [0.3, 0.4) is 0 Å². The number of hydrogen-bond donors (Lipinski definition) is 2. The molecule has 32 heavy (non-hydrogen) atoms. The van der Waals surface area contributed by atoms with Gasteiger partial charge in [-0.15, -0.1) is 0 Å². The lowest BCUT2D eigenvalue weighted by Crippen LogP contribution is -2.20.